The van der Waals surface area contributed by atoms with Crippen molar-refractivity contribution in [1.82, 2.24) is 9.21 Å². The van der Waals surface area contributed by atoms with Crippen molar-refractivity contribution in [2.75, 3.05) is 19.6 Å². The summed E-state index contributed by atoms with van der Waals surface area (Å²) in [7, 11) is -3.85. The minimum Gasteiger partial charge on any atom is -0.330 e. The summed E-state index contributed by atoms with van der Waals surface area (Å²) in [6, 6.07) is 13.7. The molecule has 0 saturated heterocycles. The van der Waals surface area contributed by atoms with Crippen LogP contribution in [-0.4, -0.2) is 43.2 Å². The van der Waals surface area contributed by atoms with E-state index in [-0.39, 0.29) is 23.9 Å². The molecule has 0 aliphatic carbocycles. The molecule has 1 aliphatic rings. The smallest absolute Gasteiger partial charge is 0.243 e. The van der Waals surface area contributed by atoms with E-state index in [0.717, 1.165) is 23.1 Å². The number of amides is 1. The number of nitrogens with zero attached hydrogens (tertiary/aromatic N) is 2. The zero-order valence-corrected chi connectivity index (χ0v) is 23.7. The lowest BCUT2D eigenvalue weighted by Gasteiger charge is -2.38. The van der Waals surface area contributed by atoms with Gasteiger partial charge in [0.2, 0.25) is 15.9 Å². The van der Waals surface area contributed by atoms with Crippen LogP contribution in [0.25, 0.3) is 0 Å². The molecule has 1 atom stereocenters. The van der Waals surface area contributed by atoms with Gasteiger partial charge in [0.25, 0.3) is 0 Å². The highest BCUT2D eigenvalue weighted by Crippen LogP contribution is 2.41. The van der Waals surface area contributed by atoms with E-state index >= 15 is 0 Å². The van der Waals surface area contributed by atoms with Crippen LogP contribution in [0.1, 0.15) is 47.9 Å². The fraction of sp³-hybridized carbons (Fsp3) is 0.370. The van der Waals surface area contributed by atoms with Gasteiger partial charge in [-0.15, -0.1) is 11.3 Å². The monoisotopic (exact) mass is 564 g/mol. The molecule has 4 rings (SSSR count). The summed E-state index contributed by atoms with van der Waals surface area (Å²) in [5, 5.41) is 3.02. The Bertz CT molecular complexity index is 1340. The number of carbonyl (C=O) groups excluding carboxylic acids is 1. The van der Waals surface area contributed by atoms with E-state index in [0.29, 0.717) is 28.9 Å². The van der Waals surface area contributed by atoms with Gasteiger partial charge < -0.3 is 4.90 Å². The van der Waals surface area contributed by atoms with Gasteiger partial charge in [-0.3, -0.25) is 4.79 Å². The maximum absolute atomic E-state index is 13.8. The van der Waals surface area contributed by atoms with Gasteiger partial charge in [-0.25, -0.2) is 8.42 Å². The molecule has 1 unspecified atom stereocenters. The van der Waals surface area contributed by atoms with Gasteiger partial charge in [-0.05, 0) is 72.5 Å². The van der Waals surface area contributed by atoms with Crippen LogP contribution >= 0.6 is 34.5 Å². The number of thiophene rings is 1. The van der Waals surface area contributed by atoms with Crippen LogP contribution in [-0.2, 0) is 21.2 Å². The number of sulfonamides is 1. The minimum absolute atomic E-state index is 0.195. The molecule has 36 heavy (non-hydrogen) atoms. The molecule has 1 amide bonds. The van der Waals surface area contributed by atoms with Crippen LogP contribution < -0.4 is 0 Å². The summed E-state index contributed by atoms with van der Waals surface area (Å²) in [6.45, 7) is 6.51. The number of hydrogen-bond acceptors (Lipinski definition) is 4. The molecule has 0 bridgehead atoms. The van der Waals surface area contributed by atoms with Gasteiger partial charge in [0, 0.05) is 28.0 Å². The maximum atomic E-state index is 13.8. The Morgan fingerprint density at radius 3 is 2.50 bits per heavy atom. The molecule has 1 aliphatic heterocycles. The first kappa shape index (κ1) is 27.1. The number of rotatable bonds is 8. The first-order valence-electron chi connectivity index (χ1n) is 12.0. The van der Waals surface area contributed by atoms with Crippen LogP contribution in [0, 0.1) is 12.8 Å². The van der Waals surface area contributed by atoms with Crippen molar-refractivity contribution in [3.05, 3.63) is 85.5 Å². The first-order chi connectivity index (χ1) is 17.1. The second-order valence-electron chi connectivity index (χ2n) is 9.54. The van der Waals surface area contributed by atoms with Crippen molar-refractivity contribution < 1.29 is 13.2 Å². The molecule has 1 aromatic heterocycles. The number of carbonyl (C=O) groups is 1. The molecule has 192 valence electrons. The lowest BCUT2D eigenvalue weighted by atomic mass is 9.93. The molecular formula is C27H30Cl2N2O3S2. The topological polar surface area (TPSA) is 57.7 Å². The Labute approximate surface area is 227 Å². The normalized spacial score (nSPS) is 16.0. The summed E-state index contributed by atoms with van der Waals surface area (Å²) in [4.78, 5) is 17.0. The lowest BCUT2D eigenvalue weighted by molar-refractivity contribution is -0.133. The quantitative estimate of drug-likeness (QED) is 0.310. The van der Waals surface area contributed by atoms with Gasteiger partial charge in [0.1, 0.15) is 0 Å². The average molecular weight is 566 g/mol. The molecule has 0 saturated carbocycles. The van der Waals surface area contributed by atoms with Gasteiger partial charge >= 0.3 is 0 Å². The lowest BCUT2D eigenvalue weighted by Crippen LogP contribution is -2.47. The second kappa shape index (κ2) is 11.2. The third-order valence-corrected chi connectivity index (χ3v) is 9.89. The number of halogens is 2. The van der Waals surface area contributed by atoms with E-state index in [1.807, 2.05) is 38.3 Å². The largest absolute Gasteiger partial charge is 0.330 e. The van der Waals surface area contributed by atoms with Crippen LogP contribution in [0.3, 0.4) is 0 Å². The van der Waals surface area contributed by atoms with Gasteiger partial charge in [-0.2, -0.15) is 4.31 Å². The molecule has 2 aromatic carbocycles. The van der Waals surface area contributed by atoms with Gasteiger partial charge in [0.05, 0.1) is 17.5 Å². The number of aryl methyl sites for hydroxylation is 1. The molecule has 3 aromatic rings. The molecule has 0 spiro atoms. The van der Waals surface area contributed by atoms with Crippen LogP contribution in [0.2, 0.25) is 10.0 Å². The zero-order valence-electron chi connectivity index (χ0n) is 20.6. The van der Waals surface area contributed by atoms with Crippen molar-refractivity contribution in [2.45, 2.75) is 44.6 Å². The van der Waals surface area contributed by atoms with Crippen LogP contribution in [0.15, 0.2) is 58.8 Å². The van der Waals surface area contributed by atoms with E-state index in [9.17, 15) is 13.2 Å². The molecule has 0 radical (unpaired) electrons. The fourth-order valence-corrected chi connectivity index (χ4v) is 7.25. The zero-order chi connectivity index (χ0) is 26.0. The second-order valence-corrected chi connectivity index (χ2v) is 13.3. The Balaban J connectivity index is 1.68. The molecular weight excluding hydrogens is 535 g/mol. The summed E-state index contributed by atoms with van der Waals surface area (Å²) in [5.74, 6) is 0.0436. The number of fused-ring (bicyclic) bond motifs is 1. The SMILES string of the molecule is Cc1ccc(S(=O)(=O)N(CCC(C)C)CC(=O)N2CCc3sccc3C2c2ccc(Cl)cc2Cl)cc1. The van der Waals surface area contributed by atoms with Crippen molar-refractivity contribution in [3.63, 3.8) is 0 Å². The predicted octanol–water partition coefficient (Wildman–Crippen LogP) is 6.57. The van der Waals surface area contributed by atoms with E-state index in [1.54, 1.807) is 52.6 Å². The maximum Gasteiger partial charge on any atom is 0.243 e. The standard InChI is InChI=1S/C27H30Cl2N2O3S2/c1-18(2)10-13-30(36(33,34)21-7-4-19(3)5-8-21)17-26(32)31-14-11-25-23(12-15-35-25)27(31)22-9-6-20(28)16-24(22)29/h4-9,12,15-16,18,27H,10-11,13-14,17H2,1-3H3. The molecule has 0 fully saturated rings. The van der Waals surface area contributed by atoms with Crippen LogP contribution in [0.4, 0.5) is 0 Å². The van der Waals surface area contributed by atoms with E-state index in [1.165, 1.54) is 9.18 Å². The Morgan fingerprint density at radius 2 is 1.83 bits per heavy atom. The number of hydrogen-bond donors (Lipinski definition) is 0. The van der Waals surface area contributed by atoms with Crippen molar-refractivity contribution in [1.29, 1.82) is 0 Å². The summed E-state index contributed by atoms with van der Waals surface area (Å²) in [5.41, 5.74) is 2.78. The van der Waals surface area contributed by atoms with Crippen molar-refractivity contribution >= 4 is 50.5 Å². The van der Waals surface area contributed by atoms with Gasteiger partial charge in [-0.1, -0.05) is 60.8 Å². The highest BCUT2D eigenvalue weighted by molar-refractivity contribution is 7.89. The van der Waals surface area contributed by atoms with E-state index in [4.69, 9.17) is 23.2 Å². The third-order valence-electron chi connectivity index (χ3n) is 6.47. The Morgan fingerprint density at radius 1 is 1.11 bits per heavy atom. The minimum atomic E-state index is -3.85. The molecule has 9 heteroatoms. The van der Waals surface area contributed by atoms with E-state index in [2.05, 4.69) is 0 Å². The van der Waals surface area contributed by atoms with Gasteiger partial charge in [0.15, 0.2) is 0 Å². The average Bonchev–Trinajstić information content (AvgIpc) is 3.30. The predicted molar refractivity (Wildman–Crippen MR) is 147 cm³/mol. The molecule has 5 nitrogen and oxygen atoms in total. The van der Waals surface area contributed by atoms with Crippen molar-refractivity contribution in [2.24, 2.45) is 5.92 Å². The summed E-state index contributed by atoms with van der Waals surface area (Å²) < 4.78 is 28.5. The first-order valence-corrected chi connectivity index (χ1v) is 15.0. The third kappa shape index (κ3) is 5.81. The highest BCUT2D eigenvalue weighted by Gasteiger charge is 2.36. The fourth-order valence-electron chi connectivity index (χ4n) is 4.43. The summed E-state index contributed by atoms with van der Waals surface area (Å²) >= 11 is 14.4. The van der Waals surface area contributed by atoms with Crippen LogP contribution in [0.5, 0.6) is 0 Å². The molecule has 2 heterocycles. The Hall–Kier alpha value is -1.90. The molecule has 0 N–H and O–H groups in total. The van der Waals surface area contributed by atoms with Crippen molar-refractivity contribution in [3.8, 4) is 0 Å². The number of benzene rings is 2. The Kier molecular flexibility index (Phi) is 8.47. The highest BCUT2D eigenvalue weighted by atomic mass is 35.5. The van der Waals surface area contributed by atoms with E-state index < -0.39 is 16.1 Å². The summed E-state index contributed by atoms with van der Waals surface area (Å²) in [6.07, 6.45) is 1.37.